The van der Waals surface area contributed by atoms with E-state index < -0.39 is 5.25 Å². The van der Waals surface area contributed by atoms with Crippen LogP contribution in [0, 0.1) is 6.92 Å². The van der Waals surface area contributed by atoms with Crippen molar-refractivity contribution in [2.24, 2.45) is 7.05 Å². The van der Waals surface area contributed by atoms with Gasteiger partial charge in [0.15, 0.2) is 16.8 Å². The maximum Gasteiger partial charge on any atom is 0.237 e. The van der Waals surface area contributed by atoms with Crippen LogP contribution >= 0.6 is 11.8 Å². The molecule has 0 aliphatic heterocycles. The number of Topliss-reactive ketones (excluding diaryl/α,β-unsaturated/α-hetero) is 1. The summed E-state index contributed by atoms with van der Waals surface area (Å²) in [7, 11) is 1.85. The smallest absolute Gasteiger partial charge is 0.237 e. The summed E-state index contributed by atoms with van der Waals surface area (Å²) in [5.41, 5.74) is 1.86. The van der Waals surface area contributed by atoms with Crippen molar-refractivity contribution in [3.8, 4) is 11.4 Å². The second-order valence-electron chi connectivity index (χ2n) is 6.11. The Morgan fingerprint density at radius 2 is 1.96 bits per heavy atom. The fourth-order valence-corrected chi connectivity index (χ4v) is 3.43. The summed E-state index contributed by atoms with van der Waals surface area (Å²) < 4.78 is 7.15. The summed E-state index contributed by atoms with van der Waals surface area (Å²) in [5, 5.41) is 11.4. The maximum atomic E-state index is 12.6. The lowest BCUT2D eigenvalue weighted by Gasteiger charge is -2.13. The molecule has 0 saturated carbocycles. The predicted molar refractivity (Wildman–Crippen MR) is 104 cm³/mol. The molecule has 140 valence electrons. The molecule has 3 aromatic rings. The number of carbonyl (C=O) groups excluding carboxylic acids is 2. The fraction of sp³-hybridized carbons (Fsp3) is 0.263. The monoisotopic (exact) mass is 384 g/mol. The number of aryl methyl sites for hydroxylation is 1. The highest BCUT2D eigenvalue weighted by Crippen LogP contribution is 2.28. The normalized spacial score (nSPS) is 12.0. The van der Waals surface area contributed by atoms with E-state index in [-0.39, 0.29) is 11.7 Å². The number of nitrogens with one attached hydrogen (secondary N) is 1. The Morgan fingerprint density at radius 1 is 1.22 bits per heavy atom. The van der Waals surface area contributed by atoms with E-state index in [2.05, 4.69) is 15.5 Å². The standard InChI is InChI=1S/C19H20N4O3S/c1-11(24)14-7-5-6-8-16(14)20-18(25)13(3)27-19-22-21-17(23(19)4)15-9-10-26-12(15)2/h5-10,13H,1-4H3,(H,20,25). The Kier molecular flexibility index (Phi) is 5.46. The number of hydrogen-bond acceptors (Lipinski definition) is 6. The summed E-state index contributed by atoms with van der Waals surface area (Å²) in [5.74, 6) is 1.13. The van der Waals surface area contributed by atoms with Crippen LogP contribution in [0.4, 0.5) is 5.69 Å². The first-order valence-corrected chi connectivity index (χ1v) is 9.27. The van der Waals surface area contributed by atoms with Crippen LogP contribution in [-0.2, 0) is 11.8 Å². The van der Waals surface area contributed by atoms with Gasteiger partial charge in [0, 0.05) is 12.6 Å². The molecule has 0 bridgehead atoms. The number of para-hydroxylation sites is 1. The average molecular weight is 384 g/mol. The third-order valence-corrected chi connectivity index (χ3v) is 5.28. The number of aromatic nitrogens is 3. The second kappa shape index (κ2) is 7.79. The van der Waals surface area contributed by atoms with Gasteiger partial charge in [0.05, 0.1) is 22.8 Å². The number of anilines is 1. The summed E-state index contributed by atoms with van der Waals surface area (Å²) in [6.45, 7) is 5.12. The van der Waals surface area contributed by atoms with E-state index in [0.29, 0.717) is 22.2 Å². The quantitative estimate of drug-likeness (QED) is 0.515. The predicted octanol–water partition coefficient (Wildman–Crippen LogP) is 3.71. The summed E-state index contributed by atoms with van der Waals surface area (Å²) >= 11 is 1.30. The van der Waals surface area contributed by atoms with Gasteiger partial charge in [-0.25, -0.2) is 0 Å². The molecule has 0 saturated heterocycles. The molecule has 7 nitrogen and oxygen atoms in total. The molecule has 0 aliphatic rings. The molecular weight excluding hydrogens is 364 g/mol. The lowest BCUT2D eigenvalue weighted by atomic mass is 10.1. The van der Waals surface area contributed by atoms with Gasteiger partial charge in [-0.3, -0.25) is 9.59 Å². The van der Waals surface area contributed by atoms with Gasteiger partial charge < -0.3 is 14.3 Å². The molecule has 8 heteroatoms. The van der Waals surface area contributed by atoms with Crippen molar-refractivity contribution in [2.75, 3.05) is 5.32 Å². The summed E-state index contributed by atoms with van der Waals surface area (Å²) in [6.07, 6.45) is 1.61. The molecule has 1 amide bonds. The number of ketones is 1. The molecule has 0 fully saturated rings. The fourth-order valence-electron chi connectivity index (χ4n) is 2.61. The Morgan fingerprint density at radius 3 is 2.63 bits per heavy atom. The third-order valence-electron chi connectivity index (χ3n) is 4.15. The lowest BCUT2D eigenvalue weighted by Crippen LogP contribution is -2.23. The molecule has 1 unspecified atom stereocenters. The summed E-state index contributed by atoms with van der Waals surface area (Å²) in [6, 6.07) is 8.79. The van der Waals surface area contributed by atoms with Crippen molar-refractivity contribution in [1.82, 2.24) is 14.8 Å². The molecule has 0 aliphatic carbocycles. The largest absolute Gasteiger partial charge is 0.469 e. The van der Waals surface area contributed by atoms with Crippen molar-refractivity contribution in [2.45, 2.75) is 31.2 Å². The van der Waals surface area contributed by atoms with Crippen molar-refractivity contribution in [3.05, 3.63) is 47.9 Å². The van der Waals surface area contributed by atoms with E-state index in [9.17, 15) is 9.59 Å². The number of rotatable bonds is 6. The average Bonchev–Trinajstić information content (AvgIpc) is 3.21. The molecule has 3 rings (SSSR count). The molecule has 1 atom stereocenters. The van der Waals surface area contributed by atoms with E-state index >= 15 is 0 Å². The second-order valence-corrected chi connectivity index (χ2v) is 7.41. The number of amides is 1. The third kappa shape index (κ3) is 3.95. The zero-order chi connectivity index (χ0) is 19.6. The van der Waals surface area contributed by atoms with Gasteiger partial charge in [-0.15, -0.1) is 10.2 Å². The molecule has 0 radical (unpaired) electrons. The van der Waals surface area contributed by atoms with E-state index in [1.807, 2.05) is 24.6 Å². The number of furan rings is 1. The van der Waals surface area contributed by atoms with E-state index in [0.717, 1.165) is 11.3 Å². The lowest BCUT2D eigenvalue weighted by molar-refractivity contribution is -0.115. The van der Waals surface area contributed by atoms with Crippen LogP contribution in [-0.4, -0.2) is 31.7 Å². The Labute approximate surface area is 161 Å². The Hall–Kier alpha value is -2.87. The minimum Gasteiger partial charge on any atom is -0.469 e. The van der Waals surface area contributed by atoms with Crippen molar-refractivity contribution < 1.29 is 14.0 Å². The van der Waals surface area contributed by atoms with Gasteiger partial charge in [0.25, 0.3) is 0 Å². The Balaban J connectivity index is 1.74. The van der Waals surface area contributed by atoms with Gasteiger partial charge in [-0.05, 0) is 39.0 Å². The first-order chi connectivity index (χ1) is 12.9. The number of carbonyl (C=O) groups is 2. The SMILES string of the molecule is CC(=O)c1ccccc1NC(=O)C(C)Sc1nnc(-c2ccoc2C)n1C. The van der Waals surface area contributed by atoms with Gasteiger partial charge >= 0.3 is 0 Å². The van der Waals surface area contributed by atoms with Crippen molar-refractivity contribution in [1.29, 1.82) is 0 Å². The number of thioether (sulfide) groups is 1. The number of nitrogens with zero attached hydrogens (tertiary/aromatic N) is 3. The van der Waals surface area contributed by atoms with Crippen LogP contribution in [0.1, 0.15) is 30.0 Å². The highest BCUT2D eigenvalue weighted by Gasteiger charge is 2.21. The van der Waals surface area contributed by atoms with Crippen molar-refractivity contribution in [3.63, 3.8) is 0 Å². The van der Waals surface area contributed by atoms with Gasteiger partial charge in [-0.2, -0.15) is 0 Å². The van der Waals surface area contributed by atoms with Crippen LogP contribution in [0.15, 0.2) is 46.2 Å². The van der Waals surface area contributed by atoms with Crippen LogP contribution in [0.25, 0.3) is 11.4 Å². The van der Waals surface area contributed by atoms with Crippen LogP contribution in [0.3, 0.4) is 0 Å². The Bertz CT molecular complexity index is 993. The van der Waals surface area contributed by atoms with Crippen LogP contribution < -0.4 is 5.32 Å². The molecule has 0 spiro atoms. The molecule has 1 aromatic carbocycles. The van der Waals surface area contributed by atoms with E-state index in [4.69, 9.17) is 4.42 Å². The first-order valence-electron chi connectivity index (χ1n) is 8.39. The van der Waals surface area contributed by atoms with Crippen molar-refractivity contribution >= 4 is 29.1 Å². The zero-order valence-corrected chi connectivity index (χ0v) is 16.3. The van der Waals surface area contributed by atoms with Gasteiger partial charge in [-0.1, -0.05) is 23.9 Å². The zero-order valence-electron chi connectivity index (χ0n) is 15.5. The number of hydrogen-bond donors (Lipinski definition) is 1. The summed E-state index contributed by atoms with van der Waals surface area (Å²) in [4.78, 5) is 24.3. The highest BCUT2D eigenvalue weighted by molar-refractivity contribution is 8.00. The van der Waals surface area contributed by atoms with Gasteiger partial charge in [0.1, 0.15) is 5.76 Å². The minimum absolute atomic E-state index is 0.0976. The van der Waals surface area contributed by atoms with Crippen LogP contribution in [0.5, 0.6) is 0 Å². The molecular formula is C19H20N4O3S. The van der Waals surface area contributed by atoms with E-state index in [1.54, 1.807) is 37.5 Å². The van der Waals surface area contributed by atoms with Gasteiger partial charge in [0.2, 0.25) is 5.91 Å². The molecule has 2 heterocycles. The van der Waals surface area contributed by atoms with E-state index in [1.165, 1.54) is 18.7 Å². The molecule has 2 aromatic heterocycles. The first kappa shape index (κ1) is 18.9. The molecule has 1 N–H and O–H groups in total. The topological polar surface area (TPSA) is 90.0 Å². The highest BCUT2D eigenvalue weighted by atomic mass is 32.2. The van der Waals surface area contributed by atoms with Crippen LogP contribution in [0.2, 0.25) is 0 Å². The number of benzene rings is 1. The molecule has 27 heavy (non-hydrogen) atoms. The maximum absolute atomic E-state index is 12.6. The minimum atomic E-state index is -0.425.